The Kier molecular flexibility index (Phi) is 4.78. The third kappa shape index (κ3) is 3.58. The fraction of sp³-hybridized carbons (Fsp3) is 0.615. The molecule has 0 saturated carbocycles. The maximum Gasteiger partial charge on any atom is 0.137 e. The molecule has 5 nitrogen and oxygen atoms in total. The number of hydrogen-bond donors (Lipinski definition) is 1. The molecule has 1 saturated heterocycles. The molecule has 5 heteroatoms. The quantitative estimate of drug-likeness (QED) is 0.821. The van der Waals surface area contributed by atoms with Gasteiger partial charge in [0, 0.05) is 46.3 Å². The Bertz CT molecular complexity index is 349. The molecule has 2 rings (SSSR count). The van der Waals surface area contributed by atoms with Crippen LogP contribution >= 0.6 is 0 Å². The van der Waals surface area contributed by atoms with Crippen LogP contribution in [0.4, 0.5) is 5.82 Å². The summed E-state index contributed by atoms with van der Waals surface area (Å²) < 4.78 is 5.11. The van der Waals surface area contributed by atoms with E-state index in [9.17, 15) is 0 Å². The molecule has 1 aromatic heterocycles. The second kappa shape index (κ2) is 6.56. The van der Waals surface area contributed by atoms with Gasteiger partial charge in [0.15, 0.2) is 0 Å². The molecule has 0 bridgehead atoms. The van der Waals surface area contributed by atoms with Crippen LogP contribution in [0.2, 0.25) is 0 Å². The fourth-order valence-corrected chi connectivity index (χ4v) is 2.06. The van der Waals surface area contributed by atoms with Crippen molar-refractivity contribution >= 4 is 5.82 Å². The second-order valence-corrected chi connectivity index (χ2v) is 4.57. The Balaban J connectivity index is 1.80. The average Bonchev–Trinajstić information content (AvgIpc) is 2.46. The van der Waals surface area contributed by atoms with Gasteiger partial charge >= 0.3 is 0 Å². The van der Waals surface area contributed by atoms with Gasteiger partial charge in [-0.1, -0.05) is 0 Å². The molecule has 0 radical (unpaired) electrons. The molecule has 1 fully saturated rings. The van der Waals surface area contributed by atoms with Gasteiger partial charge in [0.2, 0.25) is 0 Å². The summed E-state index contributed by atoms with van der Waals surface area (Å²) in [5, 5.41) is 3.37. The minimum absolute atomic E-state index is 0.800. The zero-order valence-electron chi connectivity index (χ0n) is 11.2. The number of nitrogens with zero attached hydrogens (tertiary/aromatic N) is 3. The van der Waals surface area contributed by atoms with E-state index >= 15 is 0 Å². The van der Waals surface area contributed by atoms with Gasteiger partial charge in [0.25, 0.3) is 0 Å². The van der Waals surface area contributed by atoms with E-state index in [0.29, 0.717) is 0 Å². The number of rotatable bonds is 5. The maximum absolute atomic E-state index is 5.11. The predicted octanol–water partition coefficient (Wildman–Crippen LogP) is 0.432. The number of pyridine rings is 1. The summed E-state index contributed by atoms with van der Waals surface area (Å²) in [4.78, 5) is 9.05. The fourth-order valence-electron chi connectivity index (χ4n) is 2.06. The maximum atomic E-state index is 5.11. The van der Waals surface area contributed by atoms with Gasteiger partial charge < -0.3 is 15.0 Å². The number of piperazine rings is 1. The molecule has 1 aromatic rings. The first-order chi connectivity index (χ1) is 8.79. The van der Waals surface area contributed by atoms with E-state index in [1.807, 2.05) is 12.1 Å². The predicted molar refractivity (Wildman–Crippen MR) is 73.4 cm³/mol. The summed E-state index contributed by atoms with van der Waals surface area (Å²) in [6, 6.07) is 3.94. The van der Waals surface area contributed by atoms with Gasteiger partial charge in [0.1, 0.15) is 11.6 Å². The van der Waals surface area contributed by atoms with Gasteiger partial charge in [-0.2, -0.15) is 0 Å². The van der Waals surface area contributed by atoms with Crippen LogP contribution in [0.1, 0.15) is 0 Å². The lowest BCUT2D eigenvalue weighted by Gasteiger charge is -2.29. The van der Waals surface area contributed by atoms with Crippen LogP contribution in [-0.2, 0) is 0 Å². The molecule has 1 aliphatic rings. The minimum atomic E-state index is 0.800. The molecule has 0 aliphatic carbocycles. The number of likely N-dealkylation sites (N-methyl/N-ethyl adjacent to an activating group) is 1. The molecule has 0 amide bonds. The van der Waals surface area contributed by atoms with Crippen molar-refractivity contribution in [3.05, 3.63) is 18.3 Å². The number of ether oxygens (including phenoxy) is 1. The highest BCUT2D eigenvalue weighted by Gasteiger charge is 2.10. The monoisotopic (exact) mass is 250 g/mol. The molecular formula is C13H22N4O. The Morgan fingerprint density at radius 2 is 2.17 bits per heavy atom. The van der Waals surface area contributed by atoms with Crippen molar-refractivity contribution in [2.45, 2.75) is 0 Å². The SMILES string of the molecule is COc1ccc(N(C)CCN2CCNCC2)nc1. The van der Waals surface area contributed by atoms with E-state index in [1.54, 1.807) is 13.3 Å². The van der Waals surface area contributed by atoms with E-state index in [1.165, 1.54) is 0 Å². The van der Waals surface area contributed by atoms with Gasteiger partial charge in [-0.05, 0) is 12.1 Å². The van der Waals surface area contributed by atoms with Gasteiger partial charge in [-0.15, -0.1) is 0 Å². The Morgan fingerprint density at radius 1 is 1.39 bits per heavy atom. The van der Waals surface area contributed by atoms with Crippen LogP contribution < -0.4 is 15.0 Å². The Morgan fingerprint density at radius 3 is 2.78 bits per heavy atom. The van der Waals surface area contributed by atoms with Crippen molar-refractivity contribution in [1.82, 2.24) is 15.2 Å². The summed E-state index contributed by atoms with van der Waals surface area (Å²) in [5.74, 6) is 1.79. The number of aromatic nitrogens is 1. The van der Waals surface area contributed by atoms with Crippen molar-refractivity contribution in [2.75, 3.05) is 58.3 Å². The van der Waals surface area contributed by atoms with Crippen LogP contribution in [0.15, 0.2) is 18.3 Å². The molecule has 100 valence electrons. The van der Waals surface area contributed by atoms with E-state index < -0.39 is 0 Å². The molecule has 0 atom stereocenters. The van der Waals surface area contributed by atoms with Crippen LogP contribution in [-0.4, -0.2) is 63.3 Å². The van der Waals surface area contributed by atoms with E-state index in [2.05, 4.69) is 27.1 Å². The largest absolute Gasteiger partial charge is 0.495 e. The zero-order valence-corrected chi connectivity index (χ0v) is 11.2. The smallest absolute Gasteiger partial charge is 0.137 e. The number of hydrogen-bond acceptors (Lipinski definition) is 5. The van der Waals surface area contributed by atoms with Crippen molar-refractivity contribution in [2.24, 2.45) is 0 Å². The molecule has 0 spiro atoms. The number of anilines is 1. The van der Waals surface area contributed by atoms with Gasteiger partial charge in [-0.3, -0.25) is 4.90 Å². The summed E-state index contributed by atoms with van der Waals surface area (Å²) in [6.45, 7) is 6.58. The lowest BCUT2D eigenvalue weighted by molar-refractivity contribution is 0.246. The topological polar surface area (TPSA) is 40.6 Å². The first-order valence-electron chi connectivity index (χ1n) is 6.44. The lowest BCUT2D eigenvalue weighted by Crippen LogP contribution is -2.46. The number of nitrogens with one attached hydrogen (secondary N) is 1. The van der Waals surface area contributed by atoms with E-state index in [0.717, 1.165) is 50.8 Å². The van der Waals surface area contributed by atoms with Gasteiger partial charge in [-0.25, -0.2) is 4.98 Å². The van der Waals surface area contributed by atoms with Crippen molar-refractivity contribution in [3.63, 3.8) is 0 Å². The molecule has 1 aliphatic heterocycles. The number of methoxy groups -OCH3 is 1. The summed E-state index contributed by atoms with van der Waals surface area (Å²) in [6.07, 6.45) is 1.76. The lowest BCUT2D eigenvalue weighted by atomic mass is 10.3. The van der Waals surface area contributed by atoms with Gasteiger partial charge in [0.05, 0.1) is 13.3 Å². The highest BCUT2D eigenvalue weighted by Crippen LogP contribution is 2.13. The molecule has 0 aromatic carbocycles. The molecular weight excluding hydrogens is 228 g/mol. The zero-order chi connectivity index (χ0) is 12.8. The minimum Gasteiger partial charge on any atom is -0.495 e. The molecule has 0 unspecified atom stereocenters. The van der Waals surface area contributed by atoms with Crippen molar-refractivity contribution in [1.29, 1.82) is 0 Å². The summed E-state index contributed by atoms with van der Waals surface area (Å²) in [5.41, 5.74) is 0. The normalized spacial score (nSPS) is 16.6. The average molecular weight is 250 g/mol. The highest BCUT2D eigenvalue weighted by molar-refractivity contribution is 5.39. The first kappa shape index (κ1) is 13.1. The molecule has 18 heavy (non-hydrogen) atoms. The van der Waals surface area contributed by atoms with E-state index in [4.69, 9.17) is 4.74 Å². The third-order valence-electron chi connectivity index (χ3n) is 3.31. The standard InChI is InChI=1S/C13H22N4O/c1-16(9-10-17-7-5-14-6-8-17)13-4-3-12(18-2)11-15-13/h3-4,11,14H,5-10H2,1-2H3. The van der Waals surface area contributed by atoms with Crippen LogP contribution in [0.5, 0.6) is 5.75 Å². The highest BCUT2D eigenvalue weighted by atomic mass is 16.5. The Labute approximate surface area is 109 Å². The molecule has 1 N–H and O–H groups in total. The molecule has 2 heterocycles. The van der Waals surface area contributed by atoms with Crippen molar-refractivity contribution < 1.29 is 4.74 Å². The Hall–Kier alpha value is -1.33. The summed E-state index contributed by atoms with van der Waals surface area (Å²) in [7, 11) is 3.74. The van der Waals surface area contributed by atoms with E-state index in [-0.39, 0.29) is 0 Å². The third-order valence-corrected chi connectivity index (χ3v) is 3.31. The summed E-state index contributed by atoms with van der Waals surface area (Å²) >= 11 is 0. The van der Waals surface area contributed by atoms with Crippen LogP contribution in [0, 0.1) is 0 Å². The van der Waals surface area contributed by atoms with Crippen molar-refractivity contribution in [3.8, 4) is 5.75 Å². The first-order valence-corrected chi connectivity index (χ1v) is 6.44. The second-order valence-electron chi connectivity index (χ2n) is 4.57. The van der Waals surface area contributed by atoms with Crippen LogP contribution in [0.3, 0.4) is 0 Å². The van der Waals surface area contributed by atoms with Crippen LogP contribution in [0.25, 0.3) is 0 Å².